The second-order valence-corrected chi connectivity index (χ2v) is 11.7. The zero-order valence-electron chi connectivity index (χ0n) is 21.3. The van der Waals surface area contributed by atoms with Crippen molar-refractivity contribution in [2.24, 2.45) is 5.92 Å². The molecule has 8 heteroatoms. The van der Waals surface area contributed by atoms with Crippen molar-refractivity contribution < 1.29 is 9.53 Å². The molecule has 5 rings (SSSR count). The van der Waals surface area contributed by atoms with E-state index in [9.17, 15) is 9.59 Å². The molecule has 0 saturated heterocycles. The van der Waals surface area contributed by atoms with Gasteiger partial charge in [-0.3, -0.25) is 14.2 Å². The van der Waals surface area contributed by atoms with Crippen LogP contribution in [0.5, 0.6) is 0 Å². The van der Waals surface area contributed by atoms with Crippen LogP contribution in [0, 0.1) is 12.8 Å². The predicted molar refractivity (Wildman–Crippen MR) is 152 cm³/mol. The minimum absolute atomic E-state index is 0.0235. The number of fused-ring (bicyclic) bond motifs is 3. The Balaban J connectivity index is 1.46. The van der Waals surface area contributed by atoms with E-state index in [0.717, 1.165) is 43.9 Å². The van der Waals surface area contributed by atoms with Crippen LogP contribution < -0.4 is 10.9 Å². The standard InChI is InChI=1S/C29H31N3O3S2/c1-18(2)23-15-21-24(16-35-23)37-27-26(21)28(34)32(14-13-20-10-5-4-6-11-20)29(31-27)36-17-25(33)30-22-12-8-7-9-19(22)3/h4-12,18,23H,13-17H2,1-3H3,(H,30,33)/t23-/m0/s1. The number of hydrogen-bond donors (Lipinski definition) is 1. The average Bonchev–Trinajstić information content (AvgIpc) is 3.26. The third-order valence-electron chi connectivity index (χ3n) is 6.76. The van der Waals surface area contributed by atoms with Crippen LogP contribution >= 0.6 is 23.1 Å². The molecule has 1 amide bonds. The zero-order valence-corrected chi connectivity index (χ0v) is 23.0. The SMILES string of the molecule is Cc1ccccc1NC(=O)CSc1nc2sc3c(c2c(=O)n1CCc1ccccc1)C[C@@H](C(C)C)OC3. The lowest BCUT2D eigenvalue weighted by Gasteiger charge is -2.26. The highest BCUT2D eigenvalue weighted by atomic mass is 32.2. The smallest absolute Gasteiger partial charge is 0.263 e. The Hall–Kier alpha value is -2.94. The van der Waals surface area contributed by atoms with Crippen LogP contribution in [0.3, 0.4) is 0 Å². The fraction of sp³-hybridized carbons (Fsp3) is 0.345. The van der Waals surface area contributed by atoms with E-state index in [1.807, 2.05) is 49.4 Å². The van der Waals surface area contributed by atoms with Crippen LogP contribution in [-0.4, -0.2) is 27.3 Å². The fourth-order valence-corrected chi connectivity index (χ4v) is 6.58. The van der Waals surface area contributed by atoms with Crippen LogP contribution in [0.15, 0.2) is 64.5 Å². The molecule has 0 fully saturated rings. The summed E-state index contributed by atoms with van der Waals surface area (Å²) in [7, 11) is 0. The molecule has 0 spiro atoms. The second kappa shape index (κ2) is 11.2. The minimum atomic E-state index is -0.123. The quantitative estimate of drug-likeness (QED) is 0.228. The summed E-state index contributed by atoms with van der Waals surface area (Å²) in [4.78, 5) is 33.5. The molecule has 0 saturated carbocycles. The second-order valence-electron chi connectivity index (χ2n) is 9.72. The summed E-state index contributed by atoms with van der Waals surface area (Å²) in [6, 6.07) is 17.8. The van der Waals surface area contributed by atoms with Crippen LogP contribution in [0.2, 0.25) is 0 Å². The van der Waals surface area contributed by atoms with Gasteiger partial charge in [-0.1, -0.05) is 74.1 Å². The van der Waals surface area contributed by atoms with E-state index in [1.165, 1.54) is 11.8 Å². The van der Waals surface area contributed by atoms with Gasteiger partial charge < -0.3 is 10.1 Å². The van der Waals surface area contributed by atoms with Crippen molar-refractivity contribution in [2.45, 2.75) is 58.0 Å². The van der Waals surface area contributed by atoms with Gasteiger partial charge in [-0.25, -0.2) is 4.98 Å². The van der Waals surface area contributed by atoms with Crippen molar-refractivity contribution in [2.75, 3.05) is 11.1 Å². The molecule has 0 bridgehead atoms. The third kappa shape index (κ3) is 5.66. The van der Waals surface area contributed by atoms with E-state index < -0.39 is 0 Å². The predicted octanol–water partition coefficient (Wildman–Crippen LogP) is 5.84. The Labute approximate surface area is 225 Å². The van der Waals surface area contributed by atoms with Gasteiger partial charge in [-0.15, -0.1) is 11.3 Å². The monoisotopic (exact) mass is 533 g/mol. The van der Waals surface area contributed by atoms with Crippen molar-refractivity contribution in [1.29, 1.82) is 0 Å². The number of amides is 1. The molecule has 0 aliphatic carbocycles. The Morgan fingerprint density at radius 3 is 2.70 bits per heavy atom. The maximum Gasteiger partial charge on any atom is 0.263 e. The Morgan fingerprint density at radius 2 is 1.95 bits per heavy atom. The Bertz CT molecular complexity index is 1480. The van der Waals surface area contributed by atoms with E-state index in [2.05, 4.69) is 31.3 Å². The number of carbonyl (C=O) groups is 1. The number of ether oxygens (including phenoxy) is 1. The first-order chi connectivity index (χ1) is 17.9. The van der Waals surface area contributed by atoms with Gasteiger partial charge in [0.15, 0.2) is 5.16 Å². The van der Waals surface area contributed by atoms with Gasteiger partial charge in [0.05, 0.1) is 23.8 Å². The topological polar surface area (TPSA) is 73.2 Å². The summed E-state index contributed by atoms with van der Waals surface area (Å²) in [5.74, 6) is 0.418. The number of carbonyl (C=O) groups excluding carboxylic acids is 1. The number of nitrogens with one attached hydrogen (secondary N) is 1. The molecule has 6 nitrogen and oxygen atoms in total. The maximum absolute atomic E-state index is 13.9. The molecule has 192 valence electrons. The van der Waals surface area contributed by atoms with Gasteiger partial charge in [0.2, 0.25) is 5.91 Å². The summed E-state index contributed by atoms with van der Waals surface area (Å²) < 4.78 is 7.82. The molecule has 1 N–H and O–H groups in total. The number of thiophene rings is 1. The van der Waals surface area contributed by atoms with Gasteiger partial charge in [-0.2, -0.15) is 0 Å². The van der Waals surface area contributed by atoms with E-state index >= 15 is 0 Å². The molecule has 0 radical (unpaired) electrons. The lowest BCUT2D eigenvalue weighted by Crippen LogP contribution is -2.29. The number of nitrogens with zero attached hydrogens (tertiary/aromatic N) is 2. The molecule has 3 heterocycles. The summed E-state index contributed by atoms with van der Waals surface area (Å²) in [5, 5.41) is 4.27. The van der Waals surface area contributed by atoms with Crippen LogP contribution in [0.25, 0.3) is 10.2 Å². The summed E-state index contributed by atoms with van der Waals surface area (Å²) in [5.41, 5.74) is 4.02. The first kappa shape index (κ1) is 25.7. The fourth-order valence-electron chi connectivity index (χ4n) is 4.59. The van der Waals surface area contributed by atoms with Gasteiger partial charge in [0, 0.05) is 23.5 Å². The highest BCUT2D eigenvalue weighted by Gasteiger charge is 2.28. The lowest BCUT2D eigenvalue weighted by atomic mass is 9.96. The molecule has 2 aromatic carbocycles. The summed E-state index contributed by atoms with van der Waals surface area (Å²) in [6.07, 6.45) is 1.54. The van der Waals surface area contributed by atoms with Gasteiger partial charge >= 0.3 is 0 Å². The molecular formula is C29H31N3O3S2. The number of aromatic nitrogens is 2. The Kier molecular flexibility index (Phi) is 7.79. The van der Waals surface area contributed by atoms with E-state index in [-0.39, 0.29) is 23.3 Å². The number of anilines is 1. The first-order valence-electron chi connectivity index (χ1n) is 12.6. The number of rotatable bonds is 8. The molecule has 0 unspecified atom stereocenters. The highest BCUT2D eigenvalue weighted by molar-refractivity contribution is 7.99. The van der Waals surface area contributed by atoms with E-state index in [4.69, 9.17) is 9.72 Å². The van der Waals surface area contributed by atoms with Crippen molar-refractivity contribution in [3.63, 3.8) is 0 Å². The van der Waals surface area contributed by atoms with Gasteiger partial charge in [-0.05, 0) is 42.0 Å². The molecule has 2 aromatic heterocycles. The van der Waals surface area contributed by atoms with Crippen LogP contribution in [-0.2, 0) is 35.5 Å². The molecule has 1 atom stereocenters. The van der Waals surface area contributed by atoms with Crippen molar-refractivity contribution in [3.05, 3.63) is 86.5 Å². The first-order valence-corrected chi connectivity index (χ1v) is 14.4. The number of aryl methyl sites for hydroxylation is 2. The number of thioether (sulfide) groups is 1. The Morgan fingerprint density at radius 1 is 1.19 bits per heavy atom. The minimum Gasteiger partial charge on any atom is -0.372 e. The lowest BCUT2D eigenvalue weighted by molar-refractivity contribution is -0.113. The number of benzene rings is 2. The van der Waals surface area contributed by atoms with Crippen LogP contribution in [0.1, 0.15) is 35.4 Å². The number of para-hydroxylation sites is 1. The van der Waals surface area contributed by atoms with Crippen molar-refractivity contribution in [3.8, 4) is 0 Å². The van der Waals surface area contributed by atoms with Crippen molar-refractivity contribution in [1.82, 2.24) is 9.55 Å². The van der Waals surface area contributed by atoms with Gasteiger partial charge in [0.1, 0.15) is 4.83 Å². The molecule has 4 aromatic rings. The molecular weight excluding hydrogens is 502 g/mol. The molecule has 37 heavy (non-hydrogen) atoms. The van der Waals surface area contributed by atoms with E-state index in [0.29, 0.717) is 30.6 Å². The molecule has 1 aliphatic rings. The maximum atomic E-state index is 13.9. The summed E-state index contributed by atoms with van der Waals surface area (Å²) >= 11 is 2.85. The average molecular weight is 534 g/mol. The van der Waals surface area contributed by atoms with Crippen LogP contribution in [0.4, 0.5) is 5.69 Å². The van der Waals surface area contributed by atoms with Crippen molar-refractivity contribution >= 4 is 44.9 Å². The largest absolute Gasteiger partial charge is 0.372 e. The third-order valence-corrected chi connectivity index (χ3v) is 8.83. The van der Waals surface area contributed by atoms with E-state index in [1.54, 1.807) is 15.9 Å². The number of hydrogen-bond acceptors (Lipinski definition) is 6. The zero-order chi connectivity index (χ0) is 25.9. The normalized spacial score (nSPS) is 15.2. The molecule has 1 aliphatic heterocycles. The van der Waals surface area contributed by atoms with Gasteiger partial charge in [0.25, 0.3) is 5.56 Å². The summed E-state index contributed by atoms with van der Waals surface area (Å²) in [6.45, 7) is 7.28. The highest BCUT2D eigenvalue weighted by Crippen LogP contribution is 2.36.